The Morgan fingerprint density at radius 2 is 1.77 bits per heavy atom. The summed E-state index contributed by atoms with van der Waals surface area (Å²) >= 11 is -1.74. The first kappa shape index (κ1) is 13.0. The second-order valence-electron chi connectivity index (χ2n) is 2.60. The minimum Gasteiger partial charge on any atom is -0.379 e. The minimum absolute atomic E-state index is 0.176. The maximum atomic E-state index is 10.2. The number of rotatable bonds is 9. The number of ether oxygens (including phenoxy) is 2. The molecule has 5 heteroatoms. The zero-order valence-corrected chi connectivity index (χ0v) is 8.85. The van der Waals surface area contributed by atoms with Crippen LogP contribution in [0.4, 0.5) is 0 Å². The monoisotopic (exact) mass is 210 g/mol. The van der Waals surface area contributed by atoms with Gasteiger partial charge in [0.15, 0.2) is 11.1 Å². The molecular formula is C8H18O4S. The first-order chi connectivity index (χ1) is 6.27. The third-order valence-corrected chi connectivity index (χ3v) is 1.93. The van der Waals surface area contributed by atoms with Gasteiger partial charge in [-0.1, -0.05) is 13.3 Å². The molecule has 0 aromatic carbocycles. The predicted octanol–water partition coefficient (Wildman–Crippen LogP) is 1.04. The average molecular weight is 210 g/mol. The molecule has 1 N–H and O–H groups in total. The van der Waals surface area contributed by atoms with Crippen molar-refractivity contribution in [3.63, 3.8) is 0 Å². The molecule has 0 rings (SSSR count). The Morgan fingerprint density at radius 1 is 1.15 bits per heavy atom. The normalized spacial score (nSPS) is 13.1. The van der Waals surface area contributed by atoms with Gasteiger partial charge in [0.25, 0.3) is 0 Å². The van der Waals surface area contributed by atoms with Gasteiger partial charge in [-0.25, -0.2) is 4.21 Å². The van der Waals surface area contributed by atoms with Crippen LogP contribution in [0.25, 0.3) is 0 Å². The number of hydrogen-bond acceptors (Lipinski definition) is 3. The largest absolute Gasteiger partial charge is 0.379 e. The highest BCUT2D eigenvalue weighted by atomic mass is 32.2. The smallest absolute Gasteiger partial charge is 0.155 e. The minimum atomic E-state index is -1.74. The molecule has 13 heavy (non-hydrogen) atoms. The van der Waals surface area contributed by atoms with E-state index in [0.717, 1.165) is 19.4 Å². The molecule has 0 aliphatic heterocycles. The van der Waals surface area contributed by atoms with E-state index in [4.69, 9.17) is 14.0 Å². The number of hydrogen-bond donors (Lipinski definition) is 1. The average Bonchev–Trinajstić information content (AvgIpc) is 2.09. The Labute approximate surface area is 81.9 Å². The summed E-state index contributed by atoms with van der Waals surface area (Å²) in [6.45, 7) is 4.27. The highest BCUT2D eigenvalue weighted by molar-refractivity contribution is 7.79. The van der Waals surface area contributed by atoms with Gasteiger partial charge in [-0.05, 0) is 6.42 Å². The van der Waals surface area contributed by atoms with Crippen molar-refractivity contribution in [2.24, 2.45) is 0 Å². The van der Waals surface area contributed by atoms with Crippen molar-refractivity contribution in [3.05, 3.63) is 0 Å². The van der Waals surface area contributed by atoms with E-state index in [1.54, 1.807) is 0 Å². The van der Waals surface area contributed by atoms with Gasteiger partial charge in [0.05, 0.1) is 25.6 Å². The standard InChI is InChI=1S/C8H18O4S/c1-2-3-4-11-5-6-12-7-8-13(9)10/h2-8H2,1H3,(H,9,10). The van der Waals surface area contributed by atoms with Crippen LogP contribution in [0.1, 0.15) is 19.8 Å². The van der Waals surface area contributed by atoms with Crippen LogP contribution in [0.2, 0.25) is 0 Å². The van der Waals surface area contributed by atoms with Crippen molar-refractivity contribution in [1.82, 2.24) is 0 Å². The van der Waals surface area contributed by atoms with Gasteiger partial charge in [-0.3, -0.25) is 0 Å². The lowest BCUT2D eigenvalue weighted by Gasteiger charge is -2.03. The van der Waals surface area contributed by atoms with Crippen LogP contribution >= 0.6 is 0 Å². The Hall–Kier alpha value is 0.0300. The first-order valence-corrected chi connectivity index (χ1v) is 5.78. The summed E-state index contributed by atoms with van der Waals surface area (Å²) in [4.78, 5) is 0. The molecular weight excluding hydrogens is 192 g/mol. The fourth-order valence-electron chi connectivity index (χ4n) is 0.699. The molecule has 4 nitrogen and oxygen atoms in total. The zero-order chi connectivity index (χ0) is 9.94. The fraction of sp³-hybridized carbons (Fsp3) is 1.00. The van der Waals surface area contributed by atoms with Crippen LogP contribution in [0.5, 0.6) is 0 Å². The Balaban J connectivity index is 2.87. The van der Waals surface area contributed by atoms with Crippen molar-refractivity contribution < 1.29 is 18.2 Å². The lowest BCUT2D eigenvalue weighted by atomic mass is 10.4. The molecule has 0 amide bonds. The number of unbranched alkanes of at least 4 members (excludes halogenated alkanes) is 1. The van der Waals surface area contributed by atoms with Crippen molar-refractivity contribution in [2.45, 2.75) is 19.8 Å². The van der Waals surface area contributed by atoms with Gasteiger partial charge >= 0.3 is 0 Å². The van der Waals surface area contributed by atoms with Crippen LogP contribution in [-0.2, 0) is 20.6 Å². The molecule has 80 valence electrons. The van der Waals surface area contributed by atoms with Crippen molar-refractivity contribution in [3.8, 4) is 0 Å². The molecule has 0 aromatic heterocycles. The highest BCUT2D eigenvalue weighted by Crippen LogP contribution is 1.87. The summed E-state index contributed by atoms with van der Waals surface area (Å²) in [5.41, 5.74) is 0. The van der Waals surface area contributed by atoms with Crippen molar-refractivity contribution in [1.29, 1.82) is 0 Å². The van der Waals surface area contributed by atoms with E-state index >= 15 is 0 Å². The summed E-state index contributed by atoms with van der Waals surface area (Å²) in [5, 5.41) is 0. The quantitative estimate of drug-likeness (QED) is 0.456. The molecule has 1 atom stereocenters. The summed E-state index contributed by atoms with van der Waals surface area (Å²) in [6.07, 6.45) is 2.20. The van der Waals surface area contributed by atoms with Crippen LogP contribution < -0.4 is 0 Å². The van der Waals surface area contributed by atoms with E-state index in [-0.39, 0.29) is 5.75 Å². The molecule has 0 spiro atoms. The van der Waals surface area contributed by atoms with Gasteiger partial charge < -0.3 is 14.0 Å². The molecule has 1 unspecified atom stereocenters. The third-order valence-electron chi connectivity index (χ3n) is 1.42. The first-order valence-electron chi connectivity index (χ1n) is 4.50. The second kappa shape index (κ2) is 10.1. The molecule has 0 aliphatic rings. The van der Waals surface area contributed by atoms with Gasteiger partial charge in [0.1, 0.15) is 0 Å². The fourth-order valence-corrected chi connectivity index (χ4v) is 0.959. The van der Waals surface area contributed by atoms with Crippen LogP contribution in [0.3, 0.4) is 0 Å². The molecule has 0 bridgehead atoms. The van der Waals surface area contributed by atoms with E-state index in [2.05, 4.69) is 6.92 Å². The van der Waals surface area contributed by atoms with E-state index in [1.807, 2.05) is 0 Å². The van der Waals surface area contributed by atoms with Crippen molar-refractivity contribution in [2.75, 3.05) is 32.2 Å². The van der Waals surface area contributed by atoms with Gasteiger partial charge in [-0.15, -0.1) is 0 Å². The van der Waals surface area contributed by atoms with Gasteiger partial charge in [-0.2, -0.15) is 0 Å². The third kappa shape index (κ3) is 12.0. The molecule has 0 saturated heterocycles. The summed E-state index contributed by atoms with van der Waals surface area (Å²) in [6, 6.07) is 0. The van der Waals surface area contributed by atoms with E-state index in [1.165, 1.54) is 0 Å². The van der Waals surface area contributed by atoms with E-state index in [9.17, 15) is 4.21 Å². The molecule has 0 aromatic rings. The molecule has 0 radical (unpaired) electrons. The summed E-state index contributed by atoms with van der Waals surface area (Å²) in [5.74, 6) is 0.176. The SMILES string of the molecule is CCCCOCCOCCS(=O)O. The Morgan fingerprint density at radius 3 is 2.31 bits per heavy atom. The van der Waals surface area contributed by atoms with Gasteiger partial charge in [0.2, 0.25) is 0 Å². The van der Waals surface area contributed by atoms with Gasteiger partial charge in [0, 0.05) is 6.61 Å². The summed E-state index contributed by atoms with van der Waals surface area (Å²) in [7, 11) is 0. The zero-order valence-electron chi connectivity index (χ0n) is 8.03. The highest BCUT2D eigenvalue weighted by Gasteiger charge is 1.93. The molecule has 0 aliphatic carbocycles. The molecule has 0 fully saturated rings. The van der Waals surface area contributed by atoms with Crippen LogP contribution in [-0.4, -0.2) is 40.9 Å². The predicted molar refractivity (Wildman–Crippen MR) is 52.2 cm³/mol. The van der Waals surface area contributed by atoms with E-state index in [0.29, 0.717) is 19.8 Å². The van der Waals surface area contributed by atoms with Crippen LogP contribution in [0.15, 0.2) is 0 Å². The topological polar surface area (TPSA) is 55.8 Å². The van der Waals surface area contributed by atoms with E-state index < -0.39 is 11.1 Å². The molecule has 0 saturated carbocycles. The lowest BCUT2D eigenvalue weighted by Crippen LogP contribution is -2.10. The summed E-state index contributed by atoms with van der Waals surface area (Å²) < 4.78 is 28.8. The molecule has 0 heterocycles. The van der Waals surface area contributed by atoms with Crippen LogP contribution in [0, 0.1) is 0 Å². The maximum absolute atomic E-state index is 10.2. The Bertz CT molecular complexity index is 129. The van der Waals surface area contributed by atoms with Crippen molar-refractivity contribution >= 4 is 11.1 Å². The maximum Gasteiger partial charge on any atom is 0.155 e. The lowest BCUT2D eigenvalue weighted by molar-refractivity contribution is 0.0523. The second-order valence-corrected chi connectivity index (χ2v) is 3.66. The Kier molecular flexibility index (Phi) is 10.1.